The number of carbonyl (C=O) groups is 2. The standard InChI is InChI=1S/C18H15BrCl2N2O2/c1-10-5-14(19)15(21)8-16(10)22-18(25)11-6-17(24)23(9-11)13-4-2-3-12(20)7-13/h2-5,7-8,11H,6,9H2,1H3,(H,22,25)/t11-/m1/s1. The fourth-order valence-corrected chi connectivity index (χ4v) is 3.60. The maximum atomic E-state index is 12.6. The van der Waals surface area contributed by atoms with Crippen molar-refractivity contribution in [1.29, 1.82) is 0 Å². The number of nitrogens with zero attached hydrogens (tertiary/aromatic N) is 1. The van der Waals surface area contributed by atoms with Crippen LogP contribution in [0.15, 0.2) is 40.9 Å². The highest BCUT2D eigenvalue weighted by molar-refractivity contribution is 9.10. The molecule has 2 aromatic rings. The first kappa shape index (κ1) is 18.2. The van der Waals surface area contributed by atoms with Gasteiger partial charge in [-0.2, -0.15) is 0 Å². The number of rotatable bonds is 3. The van der Waals surface area contributed by atoms with Crippen LogP contribution < -0.4 is 10.2 Å². The number of hydrogen-bond acceptors (Lipinski definition) is 2. The van der Waals surface area contributed by atoms with Gasteiger partial charge in [-0.25, -0.2) is 0 Å². The summed E-state index contributed by atoms with van der Waals surface area (Å²) in [5.41, 5.74) is 2.24. The highest BCUT2D eigenvalue weighted by atomic mass is 79.9. The second-order valence-electron chi connectivity index (χ2n) is 5.96. The van der Waals surface area contributed by atoms with E-state index in [4.69, 9.17) is 23.2 Å². The third-order valence-electron chi connectivity index (χ3n) is 4.14. The van der Waals surface area contributed by atoms with Gasteiger partial charge in [-0.05, 0) is 58.7 Å². The largest absolute Gasteiger partial charge is 0.325 e. The van der Waals surface area contributed by atoms with Gasteiger partial charge < -0.3 is 10.2 Å². The fraction of sp³-hybridized carbons (Fsp3) is 0.222. The lowest BCUT2D eigenvalue weighted by atomic mass is 10.1. The third kappa shape index (κ3) is 4.00. The van der Waals surface area contributed by atoms with E-state index in [9.17, 15) is 9.59 Å². The number of aryl methyl sites for hydroxylation is 1. The van der Waals surface area contributed by atoms with Crippen molar-refractivity contribution in [3.8, 4) is 0 Å². The van der Waals surface area contributed by atoms with Crippen molar-refractivity contribution >= 4 is 62.3 Å². The van der Waals surface area contributed by atoms with Crippen LogP contribution in [0.3, 0.4) is 0 Å². The molecule has 0 unspecified atom stereocenters. The molecule has 0 bridgehead atoms. The van der Waals surface area contributed by atoms with Gasteiger partial charge in [0.15, 0.2) is 0 Å². The van der Waals surface area contributed by atoms with Gasteiger partial charge in [-0.15, -0.1) is 0 Å². The van der Waals surface area contributed by atoms with Crippen LogP contribution in [-0.2, 0) is 9.59 Å². The summed E-state index contributed by atoms with van der Waals surface area (Å²) in [5, 5.41) is 3.95. The molecule has 1 heterocycles. The first-order valence-corrected chi connectivity index (χ1v) is 9.22. The minimum Gasteiger partial charge on any atom is -0.325 e. The molecule has 1 saturated heterocycles. The molecular weight excluding hydrogens is 427 g/mol. The molecular formula is C18H15BrCl2N2O2. The van der Waals surface area contributed by atoms with Crippen molar-refractivity contribution in [3.05, 3.63) is 56.5 Å². The van der Waals surface area contributed by atoms with Gasteiger partial charge in [0, 0.05) is 33.8 Å². The van der Waals surface area contributed by atoms with Crippen LogP contribution in [0.25, 0.3) is 0 Å². The summed E-state index contributed by atoms with van der Waals surface area (Å²) in [6.45, 7) is 2.21. The summed E-state index contributed by atoms with van der Waals surface area (Å²) in [7, 11) is 0. The van der Waals surface area contributed by atoms with E-state index < -0.39 is 5.92 Å². The quantitative estimate of drug-likeness (QED) is 0.723. The molecule has 2 amide bonds. The Balaban J connectivity index is 1.74. The molecule has 0 saturated carbocycles. The van der Waals surface area contributed by atoms with E-state index in [2.05, 4.69) is 21.2 Å². The third-order valence-corrected chi connectivity index (χ3v) is 5.57. The summed E-state index contributed by atoms with van der Waals surface area (Å²) in [6, 6.07) is 10.6. The Morgan fingerprint density at radius 1 is 1.28 bits per heavy atom. The maximum Gasteiger partial charge on any atom is 0.229 e. The number of amides is 2. The molecule has 3 rings (SSSR count). The summed E-state index contributed by atoms with van der Waals surface area (Å²) < 4.78 is 0.771. The number of anilines is 2. The van der Waals surface area contributed by atoms with Crippen molar-refractivity contribution in [2.75, 3.05) is 16.8 Å². The minimum atomic E-state index is -0.423. The first-order chi connectivity index (χ1) is 11.8. The van der Waals surface area contributed by atoms with Crippen molar-refractivity contribution in [2.45, 2.75) is 13.3 Å². The molecule has 7 heteroatoms. The van der Waals surface area contributed by atoms with Gasteiger partial charge >= 0.3 is 0 Å². The zero-order chi connectivity index (χ0) is 18.1. The molecule has 1 fully saturated rings. The fourth-order valence-electron chi connectivity index (χ4n) is 2.79. The van der Waals surface area contributed by atoms with E-state index in [1.54, 1.807) is 29.2 Å². The molecule has 1 aliphatic rings. The van der Waals surface area contributed by atoms with Crippen LogP contribution in [0, 0.1) is 12.8 Å². The van der Waals surface area contributed by atoms with Gasteiger partial charge in [-0.1, -0.05) is 29.3 Å². The highest BCUT2D eigenvalue weighted by Crippen LogP contribution is 2.31. The Hall–Kier alpha value is -1.56. The summed E-state index contributed by atoms with van der Waals surface area (Å²) in [4.78, 5) is 26.5. The molecule has 1 N–H and O–H groups in total. The molecule has 25 heavy (non-hydrogen) atoms. The van der Waals surface area contributed by atoms with Crippen LogP contribution in [-0.4, -0.2) is 18.4 Å². The molecule has 1 aliphatic heterocycles. The smallest absolute Gasteiger partial charge is 0.229 e. The van der Waals surface area contributed by atoms with Crippen LogP contribution >= 0.6 is 39.1 Å². The second kappa shape index (κ2) is 7.36. The molecule has 2 aromatic carbocycles. The molecule has 0 aromatic heterocycles. The van der Waals surface area contributed by atoms with Crippen LogP contribution in [0.5, 0.6) is 0 Å². The molecule has 1 atom stereocenters. The Morgan fingerprint density at radius 3 is 2.76 bits per heavy atom. The summed E-state index contributed by atoms with van der Waals surface area (Å²) in [6.07, 6.45) is 0.168. The molecule has 0 spiro atoms. The van der Waals surface area contributed by atoms with Gasteiger partial charge in [0.2, 0.25) is 11.8 Å². The minimum absolute atomic E-state index is 0.0898. The zero-order valence-corrected chi connectivity index (χ0v) is 16.5. The predicted octanol–water partition coefficient (Wildman–Crippen LogP) is 5.06. The van der Waals surface area contributed by atoms with Crippen molar-refractivity contribution < 1.29 is 9.59 Å². The zero-order valence-electron chi connectivity index (χ0n) is 13.4. The summed E-state index contributed by atoms with van der Waals surface area (Å²) in [5.74, 6) is -0.708. The monoisotopic (exact) mass is 440 g/mol. The van der Waals surface area contributed by atoms with E-state index in [1.807, 2.05) is 19.1 Å². The second-order valence-corrected chi connectivity index (χ2v) is 7.65. The van der Waals surface area contributed by atoms with E-state index in [-0.39, 0.29) is 18.2 Å². The normalized spacial score (nSPS) is 17.0. The van der Waals surface area contributed by atoms with Crippen LogP contribution in [0.1, 0.15) is 12.0 Å². The Kier molecular flexibility index (Phi) is 5.37. The predicted molar refractivity (Wildman–Crippen MR) is 104 cm³/mol. The topological polar surface area (TPSA) is 49.4 Å². The molecule has 4 nitrogen and oxygen atoms in total. The van der Waals surface area contributed by atoms with Crippen LogP contribution in [0.2, 0.25) is 10.0 Å². The van der Waals surface area contributed by atoms with Crippen molar-refractivity contribution in [3.63, 3.8) is 0 Å². The number of hydrogen-bond donors (Lipinski definition) is 1. The van der Waals surface area contributed by atoms with Gasteiger partial charge in [0.25, 0.3) is 0 Å². The van der Waals surface area contributed by atoms with Gasteiger partial charge in [0.1, 0.15) is 0 Å². The van der Waals surface area contributed by atoms with E-state index in [0.717, 1.165) is 10.0 Å². The van der Waals surface area contributed by atoms with E-state index in [0.29, 0.717) is 28.0 Å². The SMILES string of the molecule is Cc1cc(Br)c(Cl)cc1NC(=O)[C@@H]1CC(=O)N(c2cccc(Cl)c2)C1. The lowest BCUT2D eigenvalue weighted by Crippen LogP contribution is -2.28. The first-order valence-electron chi connectivity index (χ1n) is 7.67. The number of nitrogens with one attached hydrogen (secondary N) is 1. The lowest BCUT2D eigenvalue weighted by Gasteiger charge is -2.17. The number of carbonyl (C=O) groups excluding carboxylic acids is 2. The average Bonchev–Trinajstić information content (AvgIpc) is 2.94. The number of benzene rings is 2. The Labute approximate surface area is 164 Å². The summed E-state index contributed by atoms with van der Waals surface area (Å²) >= 11 is 15.4. The lowest BCUT2D eigenvalue weighted by molar-refractivity contribution is -0.122. The number of halogens is 3. The van der Waals surface area contributed by atoms with Crippen molar-refractivity contribution in [1.82, 2.24) is 0 Å². The molecule has 0 aliphatic carbocycles. The van der Waals surface area contributed by atoms with Gasteiger partial charge in [-0.3, -0.25) is 9.59 Å². The van der Waals surface area contributed by atoms with Crippen molar-refractivity contribution in [2.24, 2.45) is 5.92 Å². The molecule has 130 valence electrons. The Morgan fingerprint density at radius 2 is 2.04 bits per heavy atom. The Bertz CT molecular complexity index is 857. The molecule has 0 radical (unpaired) electrons. The van der Waals surface area contributed by atoms with E-state index in [1.165, 1.54) is 0 Å². The maximum absolute atomic E-state index is 12.6. The van der Waals surface area contributed by atoms with Gasteiger partial charge in [0.05, 0.1) is 10.9 Å². The van der Waals surface area contributed by atoms with Crippen LogP contribution in [0.4, 0.5) is 11.4 Å². The van der Waals surface area contributed by atoms with E-state index >= 15 is 0 Å². The average molecular weight is 442 g/mol. The highest BCUT2D eigenvalue weighted by Gasteiger charge is 2.35.